The van der Waals surface area contributed by atoms with Crippen LogP contribution in [0.2, 0.25) is 0 Å². The Morgan fingerprint density at radius 3 is 2.67 bits per heavy atom. The van der Waals surface area contributed by atoms with E-state index in [-0.39, 0.29) is 0 Å². The second-order valence-electron chi connectivity index (χ2n) is 6.26. The SMILES string of the molecule is Cc1c2c(cc3ccc(C4CC4)cc13)C(C)CC2. The van der Waals surface area contributed by atoms with Crippen molar-refractivity contribution in [1.82, 2.24) is 0 Å². The Morgan fingerprint density at radius 2 is 1.89 bits per heavy atom. The van der Waals surface area contributed by atoms with E-state index in [0.717, 1.165) is 11.8 Å². The van der Waals surface area contributed by atoms with Crippen LogP contribution in [0.4, 0.5) is 0 Å². The van der Waals surface area contributed by atoms with Gasteiger partial charge < -0.3 is 0 Å². The summed E-state index contributed by atoms with van der Waals surface area (Å²) >= 11 is 0. The van der Waals surface area contributed by atoms with Gasteiger partial charge in [0, 0.05) is 0 Å². The van der Waals surface area contributed by atoms with Crippen molar-refractivity contribution in [1.29, 1.82) is 0 Å². The minimum atomic E-state index is 0.756. The number of hydrogen-bond acceptors (Lipinski definition) is 0. The third kappa shape index (κ3) is 1.44. The van der Waals surface area contributed by atoms with Gasteiger partial charge in [-0.05, 0) is 77.5 Å². The molecule has 1 saturated carbocycles. The molecule has 0 nitrogen and oxygen atoms in total. The van der Waals surface area contributed by atoms with E-state index in [9.17, 15) is 0 Å². The van der Waals surface area contributed by atoms with Crippen LogP contribution in [-0.4, -0.2) is 0 Å². The molecule has 0 heteroatoms. The van der Waals surface area contributed by atoms with E-state index in [1.54, 1.807) is 22.3 Å². The van der Waals surface area contributed by atoms with Gasteiger partial charge in [-0.3, -0.25) is 0 Å². The lowest BCUT2D eigenvalue weighted by molar-refractivity contribution is 0.747. The van der Waals surface area contributed by atoms with Crippen molar-refractivity contribution in [3.05, 3.63) is 46.5 Å². The van der Waals surface area contributed by atoms with Gasteiger partial charge in [0.05, 0.1) is 0 Å². The van der Waals surface area contributed by atoms with Crippen LogP contribution < -0.4 is 0 Å². The molecule has 0 heterocycles. The third-order valence-corrected chi connectivity index (χ3v) is 5.00. The molecule has 1 atom stereocenters. The van der Waals surface area contributed by atoms with Crippen molar-refractivity contribution in [2.75, 3.05) is 0 Å². The second-order valence-corrected chi connectivity index (χ2v) is 6.26. The first-order valence-corrected chi connectivity index (χ1v) is 7.30. The predicted octanol–water partition coefficient (Wildman–Crippen LogP) is 5.08. The van der Waals surface area contributed by atoms with E-state index in [0.29, 0.717) is 0 Å². The number of rotatable bonds is 1. The van der Waals surface area contributed by atoms with Crippen molar-refractivity contribution < 1.29 is 0 Å². The Bertz CT molecular complexity index is 632. The van der Waals surface area contributed by atoms with E-state index < -0.39 is 0 Å². The summed E-state index contributed by atoms with van der Waals surface area (Å²) in [6.07, 6.45) is 5.41. The molecule has 0 aliphatic heterocycles. The maximum absolute atomic E-state index is 2.46. The molecule has 2 aromatic carbocycles. The molecule has 18 heavy (non-hydrogen) atoms. The van der Waals surface area contributed by atoms with Crippen molar-refractivity contribution in [3.63, 3.8) is 0 Å². The average molecular weight is 236 g/mol. The molecule has 0 spiro atoms. The van der Waals surface area contributed by atoms with Gasteiger partial charge in [0.1, 0.15) is 0 Å². The lowest BCUT2D eigenvalue weighted by Crippen LogP contribution is -1.92. The molecule has 2 aromatic rings. The normalized spacial score (nSPS) is 22.4. The predicted molar refractivity (Wildman–Crippen MR) is 77.4 cm³/mol. The fourth-order valence-corrected chi connectivity index (χ4v) is 3.62. The van der Waals surface area contributed by atoms with E-state index in [1.807, 2.05) is 0 Å². The maximum atomic E-state index is 2.46. The lowest BCUT2D eigenvalue weighted by atomic mass is 9.92. The van der Waals surface area contributed by atoms with E-state index in [4.69, 9.17) is 0 Å². The zero-order chi connectivity index (χ0) is 12.3. The fourth-order valence-electron chi connectivity index (χ4n) is 3.62. The van der Waals surface area contributed by atoms with Crippen LogP contribution in [0.3, 0.4) is 0 Å². The minimum absolute atomic E-state index is 0.756. The first kappa shape index (κ1) is 10.6. The van der Waals surface area contributed by atoms with E-state index >= 15 is 0 Å². The van der Waals surface area contributed by atoms with Crippen LogP contribution in [-0.2, 0) is 6.42 Å². The third-order valence-electron chi connectivity index (χ3n) is 5.00. The summed E-state index contributed by atoms with van der Waals surface area (Å²) in [5, 5.41) is 2.96. The highest BCUT2D eigenvalue weighted by atomic mass is 14.3. The lowest BCUT2D eigenvalue weighted by Gasteiger charge is -2.12. The highest BCUT2D eigenvalue weighted by Gasteiger charge is 2.25. The molecule has 0 N–H and O–H groups in total. The van der Waals surface area contributed by atoms with Gasteiger partial charge in [-0.25, -0.2) is 0 Å². The summed E-state index contributed by atoms with van der Waals surface area (Å²) < 4.78 is 0. The van der Waals surface area contributed by atoms with Crippen LogP contribution in [0.1, 0.15) is 60.3 Å². The topological polar surface area (TPSA) is 0 Å². The van der Waals surface area contributed by atoms with Crippen LogP contribution in [0.15, 0.2) is 24.3 Å². The van der Waals surface area contributed by atoms with E-state index in [1.165, 1.54) is 36.5 Å². The van der Waals surface area contributed by atoms with Crippen LogP contribution in [0.5, 0.6) is 0 Å². The highest BCUT2D eigenvalue weighted by molar-refractivity contribution is 5.89. The summed E-state index contributed by atoms with van der Waals surface area (Å²) in [6.45, 7) is 4.70. The molecule has 4 rings (SSSR count). The second kappa shape index (κ2) is 3.60. The smallest absolute Gasteiger partial charge is 0.0149 e. The maximum Gasteiger partial charge on any atom is -0.0149 e. The van der Waals surface area contributed by atoms with Gasteiger partial charge in [-0.1, -0.05) is 31.2 Å². The molecule has 92 valence electrons. The molecule has 2 aliphatic carbocycles. The zero-order valence-corrected chi connectivity index (χ0v) is 11.3. The molecule has 0 amide bonds. The Balaban J connectivity index is 1.98. The molecule has 2 aliphatic rings. The van der Waals surface area contributed by atoms with Crippen LogP contribution in [0.25, 0.3) is 10.8 Å². The number of hydrogen-bond donors (Lipinski definition) is 0. The summed E-state index contributed by atoms with van der Waals surface area (Å²) in [6, 6.07) is 9.62. The largest absolute Gasteiger partial charge is 0.0584 e. The Morgan fingerprint density at radius 1 is 1.06 bits per heavy atom. The minimum Gasteiger partial charge on any atom is -0.0584 e. The summed E-state index contributed by atoms with van der Waals surface area (Å²) in [5.74, 6) is 1.62. The summed E-state index contributed by atoms with van der Waals surface area (Å²) in [5.41, 5.74) is 6.37. The van der Waals surface area contributed by atoms with Gasteiger partial charge in [0.2, 0.25) is 0 Å². The zero-order valence-electron chi connectivity index (χ0n) is 11.3. The van der Waals surface area contributed by atoms with Gasteiger partial charge in [0.25, 0.3) is 0 Å². The van der Waals surface area contributed by atoms with Crippen molar-refractivity contribution in [2.24, 2.45) is 0 Å². The number of fused-ring (bicyclic) bond motifs is 2. The average Bonchev–Trinajstić information content (AvgIpc) is 3.16. The quantitative estimate of drug-likeness (QED) is 0.648. The van der Waals surface area contributed by atoms with Crippen LogP contribution in [0, 0.1) is 6.92 Å². The molecule has 0 aromatic heterocycles. The molecule has 0 radical (unpaired) electrons. The first-order valence-electron chi connectivity index (χ1n) is 7.30. The van der Waals surface area contributed by atoms with Crippen molar-refractivity contribution in [3.8, 4) is 0 Å². The highest BCUT2D eigenvalue weighted by Crippen LogP contribution is 2.43. The number of benzene rings is 2. The van der Waals surface area contributed by atoms with Gasteiger partial charge in [-0.2, -0.15) is 0 Å². The standard InChI is InChI=1S/C18H20/c1-11-3-8-16-12(2)18-9-14(13-4-5-13)6-7-15(18)10-17(11)16/h6-7,9-11,13H,3-5,8H2,1-2H3. The monoisotopic (exact) mass is 236 g/mol. The summed E-state index contributed by atoms with van der Waals surface area (Å²) in [4.78, 5) is 0. The van der Waals surface area contributed by atoms with Gasteiger partial charge >= 0.3 is 0 Å². The molecule has 0 bridgehead atoms. The van der Waals surface area contributed by atoms with E-state index in [2.05, 4.69) is 38.1 Å². The van der Waals surface area contributed by atoms with Crippen molar-refractivity contribution >= 4 is 10.8 Å². The molecule has 1 unspecified atom stereocenters. The van der Waals surface area contributed by atoms with Crippen molar-refractivity contribution in [2.45, 2.75) is 51.4 Å². The molecular weight excluding hydrogens is 216 g/mol. The Kier molecular flexibility index (Phi) is 2.12. The Hall–Kier alpha value is -1.30. The summed E-state index contributed by atoms with van der Waals surface area (Å²) in [7, 11) is 0. The fraction of sp³-hybridized carbons (Fsp3) is 0.444. The number of aryl methyl sites for hydroxylation is 1. The molecular formula is C18H20. The molecule has 1 fully saturated rings. The first-order chi connectivity index (χ1) is 8.74. The van der Waals surface area contributed by atoms with Crippen LogP contribution >= 0.6 is 0 Å². The molecule has 0 saturated heterocycles. The van der Waals surface area contributed by atoms with Gasteiger partial charge in [0.15, 0.2) is 0 Å². The van der Waals surface area contributed by atoms with Gasteiger partial charge in [-0.15, -0.1) is 0 Å². The Labute approximate surface area is 109 Å².